The Balaban J connectivity index is 1.97. The SMILES string of the molecule is COC(=O)c1ccc(Nc2coc3c(Cl)cc(Cl)cc23)cc1O. The summed E-state index contributed by atoms with van der Waals surface area (Å²) in [6.07, 6.45) is 1.50. The Hall–Kier alpha value is -2.37. The maximum absolute atomic E-state index is 11.5. The molecule has 0 bridgehead atoms. The van der Waals surface area contributed by atoms with Crippen LogP contribution in [0.25, 0.3) is 11.0 Å². The Morgan fingerprint density at radius 1 is 1.26 bits per heavy atom. The number of nitrogens with one attached hydrogen (secondary N) is 1. The highest BCUT2D eigenvalue weighted by atomic mass is 35.5. The molecule has 2 N–H and O–H groups in total. The van der Waals surface area contributed by atoms with Crippen LogP contribution in [0.1, 0.15) is 10.4 Å². The highest BCUT2D eigenvalue weighted by Gasteiger charge is 2.14. The van der Waals surface area contributed by atoms with Gasteiger partial charge in [-0.2, -0.15) is 0 Å². The van der Waals surface area contributed by atoms with Crippen molar-refractivity contribution in [2.24, 2.45) is 0 Å². The number of hydrogen-bond acceptors (Lipinski definition) is 5. The second kappa shape index (κ2) is 6.02. The summed E-state index contributed by atoms with van der Waals surface area (Å²) < 4.78 is 10.0. The summed E-state index contributed by atoms with van der Waals surface area (Å²) in [7, 11) is 1.25. The molecule has 118 valence electrons. The van der Waals surface area contributed by atoms with E-state index in [2.05, 4.69) is 10.1 Å². The Labute approximate surface area is 141 Å². The van der Waals surface area contributed by atoms with E-state index in [-0.39, 0.29) is 11.3 Å². The largest absolute Gasteiger partial charge is 0.507 e. The van der Waals surface area contributed by atoms with Gasteiger partial charge in [0.25, 0.3) is 0 Å². The standard InChI is InChI=1S/C16H11Cl2NO4/c1-22-16(21)10-3-2-9(6-14(10)20)19-13-7-23-15-11(13)4-8(17)5-12(15)18/h2-7,19-20H,1H3. The van der Waals surface area contributed by atoms with Crippen LogP contribution in [0.4, 0.5) is 11.4 Å². The van der Waals surface area contributed by atoms with Crippen molar-refractivity contribution in [2.75, 3.05) is 12.4 Å². The molecule has 0 aliphatic carbocycles. The average molecular weight is 352 g/mol. The zero-order valence-electron chi connectivity index (χ0n) is 11.9. The van der Waals surface area contributed by atoms with E-state index in [0.29, 0.717) is 32.4 Å². The monoisotopic (exact) mass is 351 g/mol. The number of fused-ring (bicyclic) bond motifs is 1. The number of esters is 1. The first-order valence-corrected chi connectivity index (χ1v) is 7.30. The Morgan fingerprint density at radius 3 is 2.74 bits per heavy atom. The third-order valence-electron chi connectivity index (χ3n) is 3.28. The maximum Gasteiger partial charge on any atom is 0.341 e. The van der Waals surface area contributed by atoms with Gasteiger partial charge in [-0.1, -0.05) is 23.2 Å². The average Bonchev–Trinajstić information content (AvgIpc) is 2.90. The lowest BCUT2D eigenvalue weighted by Gasteiger charge is -2.08. The van der Waals surface area contributed by atoms with E-state index in [1.165, 1.54) is 25.5 Å². The molecular weight excluding hydrogens is 341 g/mol. The number of rotatable bonds is 3. The van der Waals surface area contributed by atoms with Crippen molar-refractivity contribution in [3.05, 3.63) is 52.2 Å². The Morgan fingerprint density at radius 2 is 2.04 bits per heavy atom. The molecule has 1 heterocycles. The van der Waals surface area contributed by atoms with Crippen molar-refractivity contribution in [2.45, 2.75) is 0 Å². The van der Waals surface area contributed by atoms with Crippen LogP contribution in [0.2, 0.25) is 10.0 Å². The van der Waals surface area contributed by atoms with Gasteiger partial charge in [0.05, 0.1) is 17.8 Å². The summed E-state index contributed by atoms with van der Waals surface area (Å²) in [5.74, 6) is -0.799. The first-order valence-electron chi connectivity index (χ1n) is 6.54. The van der Waals surface area contributed by atoms with Gasteiger partial charge in [-0.05, 0) is 24.3 Å². The van der Waals surface area contributed by atoms with Gasteiger partial charge in [-0.15, -0.1) is 0 Å². The van der Waals surface area contributed by atoms with Crippen LogP contribution in [-0.2, 0) is 4.74 Å². The number of methoxy groups -OCH3 is 1. The van der Waals surface area contributed by atoms with Gasteiger partial charge in [0.15, 0.2) is 5.58 Å². The second-order valence-corrected chi connectivity index (χ2v) is 5.61. The fraction of sp³-hybridized carbons (Fsp3) is 0.0625. The molecule has 0 unspecified atom stereocenters. The van der Waals surface area contributed by atoms with Crippen molar-refractivity contribution >= 4 is 51.5 Å². The number of phenolic OH excluding ortho intramolecular Hbond substituents is 1. The quantitative estimate of drug-likeness (QED) is 0.651. The van der Waals surface area contributed by atoms with E-state index in [4.69, 9.17) is 27.6 Å². The number of ether oxygens (including phenoxy) is 1. The van der Waals surface area contributed by atoms with Gasteiger partial charge in [0.1, 0.15) is 17.6 Å². The summed E-state index contributed by atoms with van der Waals surface area (Å²) in [6, 6.07) is 7.83. The van der Waals surface area contributed by atoms with Gasteiger partial charge in [-0.25, -0.2) is 4.79 Å². The van der Waals surface area contributed by atoms with E-state index in [0.717, 1.165) is 0 Å². The van der Waals surface area contributed by atoms with Gasteiger partial charge in [0, 0.05) is 22.2 Å². The van der Waals surface area contributed by atoms with Gasteiger partial charge >= 0.3 is 5.97 Å². The summed E-state index contributed by atoms with van der Waals surface area (Å²) in [6.45, 7) is 0. The lowest BCUT2D eigenvalue weighted by molar-refractivity contribution is 0.0597. The molecule has 0 aliphatic heterocycles. The molecule has 0 saturated heterocycles. The first kappa shape index (κ1) is 15.5. The van der Waals surface area contributed by atoms with Crippen LogP contribution in [0.15, 0.2) is 41.0 Å². The number of furan rings is 1. The number of carbonyl (C=O) groups is 1. The van der Waals surface area contributed by atoms with Crippen molar-refractivity contribution in [1.82, 2.24) is 0 Å². The van der Waals surface area contributed by atoms with Crippen molar-refractivity contribution in [3.63, 3.8) is 0 Å². The highest BCUT2D eigenvalue weighted by molar-refractivity contribution is 6.38. The van der Waals surface area contributed by atoms with Gasteiger partial charge in [-0.3, -0.25) is 0 Å². The number of halogens is 2. The summed E-state index contributed by atoms with van der Waals surface area (Å²) in [5.41, 5.74) is 1.79. The lowest BCUT2D eigenvalue weighted by Crippen LogP contribution is -2.01. The number of anilines is 2. The molecule has 3 aromatic rings. The maximum atomic E-state index is 11.5. The third-order valence-corrected chi connectivity index (χ3v) is 3.77. The number of aromatic hydroxyl groups is 1. The minimum atomic E-state index is -0.610. The molecule has 0 fully saturated rings. The summed E-state index contributed by atoms with van der Waals surface area (Å²) in [5, 5.41) is 14.6. The fourth-order valence-corrected chi connectivity index (χ4v) is 2.74. The number of carbonyl (C=O) groups excluding carboxylic acids is 1. The zero-order chi connectivity index (χ0) is 16.6. The zero-order valence-corrected chi connectivity index (χ0v) is 13.4. The molecule has 0 atom stereocenters. The Bertz CT molecular complexity index is 904. The van der Waals surface area contributed by atoms with E-state index < -0.39 is 5.97 Å². The molecule has 7 heteroatoms. The van der Waals surface area contributed by atoms with E-state index in [1.54, 1.807) is 18.2 Å². The molecule has 23 heavy (non-hydrogen) atoms. The number of benzene rings is 2. The molecule has 3 rings (SSSR count). The number of hydrogen-bond donors (Lipinski definition) is 2. The van der Waals surface area contributed by atoms with Crippen LogP contribution >= 0.6 is 23.2 Å². The first-order chi connectivity index (χ1) is 11.0. The normalized spacial score (nSPS) is 10.7. The van der Waals surface area contributed by atoms with Gasteiger partial charge in [0.2, 0.25) is 0 Å². The molecule has 1 aromatic heterocycles. The smallest absolute Gasteiger partial charge is 0.341 e. The van der Waals surface area contributed by atoms with Crippen LogP contribution in [-0.4, -0.2) is 18.2 Å². The Kier molecular flexibility index (Phi) is 4.07. The molecule has 5 nitrogen and oxygen atoms in total. The molecule has 0 spiro atoms. The highest BCUT2D eigenvalue weighted by Crippen LogP contribution is 2.36. The fourth-order valence-electron chi connectivity index (χ4n) is 2.21. The minimum Gasteiger partial charge on any atom is -0.507 e. The third kappa shape index (κ3) is 2.93. The van der Waals surface area contributed by atoms with Crippen LogP contribution < -0.4 is 5.32 Å². The molecule has 2 aromatic carbocycles. The van der Waals surface area contributed by atoms with E-state index >= 15 is 0 Å². The van der Waals surface area contributed by atoms with Crippen molar-refractivity contribution in [1.29, 1.82) is 0 Å². The molecule has 0 saturated carbocycles. The predicted molar refractivity (Wildman–Crippen MR) is 89.0 cm³/mol. The molecule has 0 radical (unpaired) electrons. The number of phenols is 1. The second-order valence-electron chi connectivity index (χ2n) is 4.76. The summed E-state index contributed by atoms with van der Waals surface area (Å²) in [4.78, 5) is 11.5. The molecular formula is C16H11Cl2NO4. The van der Waals surface area contributed by atoms with E-state index in [1.807, 2.05) is 0 Å². The van der Waals surface area contributed by atoms with Crippen molar-refractivity contribution < 1.29 is 19.1 Å². The topological polar surface area (TPSA) is 71.7 Å². The molecule has 0 aliphatic rings. The molecule has 0 amide bonds. The van der Waals surface area contributed by atoms with Crippen molar-refractivity contribution in [3.8, 4) is 5.75 Å². The minimum absolute atomic E-state index is 0.0844. The van der Waals surface area contributed by atoms with Crippen LogP contribution in [0, 0.1) is 0 Å². The van der Waals surface area contributed by atoms with Crippen LogP contribution in [0.3, 0.4) is 0 Å². The predicted octanol–water partition coefficient (Wildman–Crippen LogP) is 4.98. The van der Waals surface area contributed by atoms with Gasteiger partial charge < -0.3 is 19.6 Å². The van der Waals surface area contributed by atoms with Crippen LogP contribution in [0.5, 0.6) is 5.75 Å². The van der Waals surface area contributed by atoms with E-state index in [9.17, 15) is 9.90 Å². The summed E-state index contributed by atoms with van der Waals surface area (Å²) >= 11 is 12.1. The lowest BCUT2D eigenvalue weighted by atomic mass is 10.1.